The third-order valence-corrected chi connectivity index (χ3v) is 5.42. The fraction of sp³-hybridized carbons (Fsp3) is 0.269. The van der Waals surface area contributed by atoms with E-state index in [0.29, 0.717) is 30.6 Å². The number of phenols is 1. The number of phenolic OH excluding ortho intramolecular Hbond substituents is 1. The molecular formula is C26H27NO4. The number of rotatable bonds is 7. The summed E-state index contributed by atoms with van der Waals surface area (Å²) in [6, 6.07) is 17.3. The lowest BCUT2D eigenvalue weighted by molar-refractivity contribution is 0.0527. The molecule has 4 rings (SSSR count). The normalized spacial score (nSPS) is 11.2. The van der Waals surface area contributed by atoms with Crippen LogP contribution >= 0.6 is 0 Å². The quantitative estimate of drug-likeness (QED) is 0.374. The van der Waals surface area contributed by atoms with Gasteiger partial charge in [-0.1, -0.05) is 37.6 Å². The number of carbonyl (C=O) groups excluding carboxylic acids is 1. The first-order valence-corrected chi connectivity index (χ1v) is 10.8. The zero-order valence-electron chi connectivity index (χ0n) is 18.1. The van der Waals surface area contributed by atoms with Gasteiger partial charge >= 0.3 is 5.97 Å². The number of fused-ring (bicyclic) bond motifs is 3. The zero-order valence-corrected chi connectivity index (χ0v) is 18.1. The molecule has 0 saturated heterocycles. The Kier molecular flexibility index (Phi) is 5.85. The topological polar surface area (TPSA) is 60.7 Å². The van der Waals surface area contributed by atoms with E-state index >= 15 is 0 Å². The van der Waals surface area contributed by atoms with Crippen LogP contribution in [0, 0.1) is 0 Å². The molecule has 0 aliphatic rings. The minimum atomic E-state index is -0.365. The molecule has 0 amide bonds. The number of aromatic nitrogens is 1. The highest BCUT2D eigenvalue weighted by Crippen LogP contribution is 2.40. The van der Waals surface area contributed by atoms with E-state index in [1.807, 2.05) is 55.5 Å². The van der Waals surface area contributed by atoms with Crippen molar-refractivity contribution in [1.82, 2.24) is 4.57 Å². The molecule has 4 aromatic rings. The van der Waals surface area contributed by atoms with Gasteiger partial charge in [0.1, 0.15) is 11.5 Å². The van der Waals surface area contributed by atoms with Crippen LogP contribution in [-0.4, -0.2) is 28.9 Å². The largest absolute Gasteiger partial charge is 0.507 e. The van der Waals surface area contributed by atoms with Crippen LogP contribution < -0.4 is 4.74 Å². The summed E-state index contributed by atoms with van der Waals surface area (Å²) in [4.78, 5) is 13.0. The van der Waals surface area contributed by atoms with Crippen molar-refractivity contribution >= 4 is 27.6 Å². The second kappa shape index (κ2) is 8.72. The van der Waals surface area contributed by atoms with Crippen molar-refractivity contribution in [2.75, 3.05) is 13.2 Å². The molecule has 5 heteroatoms. The molecule has 0 bridgehead atoms. The number of hydrogen-bond donors (Lipinski definition) is 1. The van der Waals surface area contributed by atoms with E-state index in [2.05, 4.69) is 11.5 Å². The van der Waals surface area contributed by atoms with Gasteiger partial charge in [-0.2, -0.15) is 0 Å². The molecule has 0 atom stereocenters. The van der Waals surface area contributed by atoms with Crippen molar-refractivity contribution < 1.29 is 19.4 Å². The van der Waals surface area contributed by atoms with Crippen molar-refractivity contribution in [1.29, 1.82) is 0 Å². The first-order chi connectivity index (χ1) is 15.1. The maximum absolute atomic E-state index is 13.0. The van der Waals surface area contributed by atoms with Crippen LogP contribution in [0.4, 0.5) is 0 Å². The summed E-state index contributed by atoms with van der Waals surface area (Å²) in [6.07, 6.45) is 1.56. The number of nitrogens with zero attached hydrogens (tertiary/aromatic N) is 1. The second-order valence-corrected chi connectivity index (χ2v) is 7.39. The summed E-state index contributed by atoms with van der Waals surface area (Å²) < 4.78 is 13.2. The Morgan fingerprint density at radius 1 is 0.935 bits per heavy atom. The molecule has 0 radical (unpaired) electrons. The lowest BCUT2D eigenvalue weighted by Gasteiger charge is -2.14. The van der Waals surface area contributed by atoms with Crippen molar-refractivity contribution in [3.63, 3.8) is 0 Å². The van der Waals surface area contributed by atoms with Gasteiger partial charge in [0.15, 0.2) is 0 Å². The first-order valence-electron chi connectivity index (χ1n) is 10.8. The number of benzene rings is 3. The Morgan fingerprint density at radius 2 is 1.65 bits per heavy atom. The molecule has 1 aromatic heterocycles. The Bertz CT molecular complexity index is 1240. The van der Waals surface area contributed by atoms with Crippen molar-refractivity contribution in [2.24, 2.45) is 0 Å². The lowest BCUT2D eigenvalue weighted by atomic mass is 10.0. The van der Waals surface area contributed by atoms with E-state index in [-0.39, 0.29) is 11.7 Å². The SMILES string of the molecule is CCCc1c(C(=O)OCC)c2cc(O)c3ccccc3c2n1-c1ccc(OCC)cc1. The lowest BCUT2D eigenvalue weighted by Crippen LogP contribution is -2.09. The number of hydrogen-bond acceptors (Lipinski definition) is 4. The van der Waals surface area contributed by atoms with Crippen LogP contribution in [0.3, 0.4) is 0 Å². The molecule has 160 valence electrons. The highest BCUT2D eigenvalue weighted by Gasteiger charge is 2.26. The van der Waals surface area contributed by atoms with Gasteiger partial charge in [-0.3, -0.25) is 0 Å². The summed E-state index contributed by atoms with van der Waals surface area (Å²) in [7, 11) is 0. The standard InChI is InChI=1S/C26H27NO4/c1-4-9-22-24(26(29)31-6-3)21-16-23(28)19-10-7-8-11-20(19)25(21)27(22)17-12-14-18(15-13-17)30-5-2/h7-8,10-16,28H,4-6,9H2,1-3H3. The van der Waals surface area contributed by atoms with Gasteiger partial charge in [0.05, 0.1) is 24.3 Å². The summed E-state index contributed by atoms with van der Waals surface area (Å²) in [5, 5.41) is 13.1. The predicted molar refractivity (Wildman–Crippen MR) is 124 cm³/mol. The van der Waals surface area contributed by atoms with Crippen LogP contribution in [0.25, 0.3) is 27.4 Å². The van der Waals surface area contributed by atoms with Crippen LogP contribution in [0.15, 0.2) is 54.6 Å². The van der Waals surface area contributed by atoms with E-state index in [1.54, 1.807) is 13.0 Å². The third kappa shape index (κ3) is 3.61. The van der Waals surface area contributed by atoms with Crippen molar-refractivity contribution in [3.8, 4) is 17.2 Å². The molecule has 5 nitrogen and oxygen atoms in total. The highest BCUT2D eigenvalue weighted by molar-refractivity contribution is 6.16. The molecule has 0 saturated carbocycles. The van der Waals surface area contributed by atoms with E-state index in [0.717, 1.165) is 39.8 Å². The van der Waals surface area contributed by atoms with Crippen LogP contribution in [-0.2, 0) is 11.2 Å². The molecule has 0 fully saturated rings. The smallest absolute Gasteiger partial charge is 0.340 e. The van der Waals surface area contributed by atoms with Gasteiger partial charge < -0.3 is 19.1 Å². The van der Waals surface area contributed by atoms with Gasteiger partial charge in [-0.05, 0) is 50.6 Å². The van der Waals surface area contributed by atoms with Crippen molar-refractivity contribution in [3.05, 3.63) is 65.9 Å². The molecule has 31 heavy (non-hydrogen) atoms. The maximum Gasteiger partial charge on any atom is 0.340 e. The van der Waals surface area contributed by atoms with Gasteiger partial charge in [0.2, 0.25) is 0 Å². The molecular weight excluding hydrogens is 390 g/mol. The minimum absolute atomic E-state index is 0.153. The predicted octanol–water partition coefficient (Wildman–Crippen LogP) is 6.02. The first kappa shape index (κ1) is 20.8. The Morgan fingerprint density at radius 3 is 2.29 bits per heavy atom. The summed E-state index contributed by atoms with van der Waals surface area (Å²) in [6.45, 7) is 6.74. The Hall–Kier alpha value is -3.47. The second-order valence-electron chi connectivity index (χ2n) is 7.39. The Labute approximate surface area is 181 Å². The molecule has 0 unspecified atom stereocenters. The van der Waals surface area contributed by atoms with Gasteiger partial charge in [-0.25, -0.2) is 4.79 Å². The van der Waals surface area contributed by atoms with Gasteiger partial charge in [0.25, 0.3) is 0 Å². The summed E-state index contributed by atoms with van der Waals surface area (Å²) >= 11 is 0. The van der Waals surface area contributed by atoms with Gasteiger partial charge in [0, 0.05) is 27.5 Å². The van der Waals surface area contributed by atoms with Crippen LogP contribution in [0.2, 0.25) is 0 Å². The summed E-state index contributed by atoms with van der Waals surface area (Å²) in [5.74, 6) is 0.587. The third-order valence-electron chi connectivity index (χ3n) is 5.42. The van der Waals surface area contributed by atoms with E-state index < -0.39 is 0 Å². The minimum Gasteiger partial charge on any atom is -0.507 e. The van der Waals surface area contributed by atoms with Crippen LogP contribution in [0.1, 0.15) is 43.2 Å². The van der Waals surface area contributed by atoms with E-state index in [9.17, 15) is 9.90 Å². The molecule has 3 aromatic carbocycles. The van der Waals surface area contributed by atoms with Crippen LogP contribution in [0.5, 0.6) is 11.5 Å². The highest BCUT2D eigenvalue weighted by atomic mass is 16.5. The van der Waals surface area contributed by atoms with Crippen molar-refractivity contribution in [2.45, 2.75) is 33.6 Å². The summed E-state index contributed by atoms with van der Waals surface area (Å²) in [5.41, 5.74) is 3.23. The average molecular weight is 418 g/mol. The molecule has 1 heterocycles. The average Bonchev–Trinajstić information content (AvgIpc) is 3.09. The number of ether oxygens (including phenoxy) is 2. The Balaban J connectivity index is 2.12. The number of esters is 1. The number of carbonyl (C=O) groups is 1. The fourth-order valence-corrected chi connectivity index (χ4v) is 4.22. The van der Waals surface area contributed by atoms with E-state index in [4.69, 9.17) is 9.47 Å². The monoisotopic (exact) mass is 417 g/mol. The molecule has 0 aliphatic heterocycles. The molecule has 0 spiro atoms. The maximum atomic E-state index is 13.0. The van der Waals surface area contributed by atoms with Gasteiger partial charge in [-0.15, -0.1) is 0 Å². The zero-order chi connectivity index (χ0) is 22.0. The van der Waals surface area contributed by atoms with E-state index in [1.165, 1.54) is 0 Å². The molecule has 0 aliphatic carbocycles. The molecule has 1 N–H and O–H groups in total. The number of aromatic hydroxyl groups is 1. The fourth-order valence-electron chi connectivity index (χ4n) is 4.22.